The SMILES string of the molecule is CCC(c1ccccn1)N(C)C(=O)c1oc(C)nc1C. The molecule has 0 aromatic carbocycles. The van der Waals surface area contributed by atoms with Crippen LogP contribution >= 0.6 is 0 Å². The maximum Gasteiger partial charge on any atom is 0.291 e. The Morgan fingerprint density at radius 3 is 2.65 bits per heavy atom. The van der Waals surface area contributed by atoms with E-state index in [1.165, 1.54) is 0 Å². The Morgan fingerprint density at radius 2 is 2.15 bits per heavy atom. The first-order valence-corrected chi connectivity index (χ1v) is 6.66. The van der Waals surface area contributed by atoms with Gasteiger partial charge >= 0.3 is 0 Å². The second-order valence-electron chi connectivity index (χ2n) is 4.74. The number of hydrogen-bond acceptors (Lipinski definition) is 4. The Labute approximate surface area is 118 Å². The van der Waals surface area contributed by atoms with E-state index >= 15 is 0 Å². The molecule has 0 radical (unpaired) electrons. The van der Waals surface area contributed by atoms with Crippen LogP contribution in [-0.2, 0) is 0 Å². The molecule has 0 bridgehead atoms. The van der Waals surface area contributed by atoms with Gasteiger partial charge in [0, 0.05) is 20.2 Å². The van der Waals surface area contributed by atoms with Crippen molar-refractivity contribution < 1.29 is 9.21 Å². The van der Waals surface area contributed by atoms with E-state index in [1.54, 1.807) is 32.0 Å². The van der Waals surface area contributed by atoms with E-state index in [0.29, 0.717) is 17.3 Å². The summed E-state index contributed by atoms with van der Waals surface area (Å²) in [6.07, 6.45) is 2.52. The van der Waals surface area contributed by atoms with Crippen LogP contribution in [0.1, 0.15) is 47.2 Å². The molecule has 106 valence electrons. The fraction of sp³-hybridized carbons (Fsp3) is 0.400. The summed E-state index contributed by atoms with van der Waals surface area (Å²) in [6, 6.07) is 5.64. The van der Waals surface area contributed by atoms with Crippen LogP contribution in [0.15, 0.2) is 28.8 Å². The number of carbonyl (C=O) groups is 1. The molecule has 2 rings (SSSR count). The first kappa shape index (κ1) is 14.2. The van der Waals surface area contributed by atoms with Crippen LogP contribution in [0, 0.1) is 13.8 Å². The fourth-order valence-electron chi connectivity index (χ4n) is 2.29. The third kappa shape index (κ3) is 2.71. The molecule has 1 atom stereocenters. The van der Waals surface area contributed by atoms with E-state index < -0.39 is 0 Å². The van der Waals surface area contributed by atoms with Crippen LogP contribution in [0.3, 0.4) is 0 Å². The van der Waals surface area contributed by atoms with E-state index in [2.05, 4.69) is 9.97 Å². The Bertz CT molecular complexity index is 592. The lowest BCUT2D eigenvalue weighted by Crippen LogP contribution is -2.31. The lowest BCUT2D eigenvalue weighted by molar-refractivity contribution is 0.0688. The molecule has 1 unspecified atom stereocenters. The zero-order valence-corrected chi connectivity index (χ0v) is 12.3. The minimum Gasteiger partial charge on any atom is -0.436 e. The van der Waals surface area contributed by atoms with Gasteiger partial charge in [0.05, 0.1) is 17.4 Å². The number of aromatic nitrogens is 2. The predicted octanol–water partition coefficient (Wildman–Crippen LogP) is 2.91. The van der Waals surface area contributed by atoms with E-state index in [0.717, 1.165) is 12.1 Å². The third-order valence-electron chi connectivity index (χ3n) is 3.30. The summed E-state index contributed by atoms with van der Waals surface area (Å²) in [5.41, 5.74) is 1.50. The summed E-state index contributed by atoms with van der Waals surface area (Å²) in [7, 11) is 1.77. The smallest absolute Gasteiger partial charge is 0.291 e. The van der Waals surface area contributed by atoms with Crippen molar-refractivity contribution in [2.24, 2.45) is 0 Å². The van der Waals surface area contributed by atoms with Crippen molar-refractivity contribution in [1.82, 2.24) is 14.9 Å². The quantitative estimate of drug-likeness (QED) is 0.859. The van der Waals surface area contributed by atoms with Gasteiger partial charge < -0.3 is 9.32 Å². The average Bonchev–Trinajstić information content (AvgIpc) is 2.78. The highest BCUT2D eigenvalue weighted by molar-refractivity contribution is 5.92. The van der Waals surface area contributed by atoms with Crippen LogP contribution in [0.5, 0.6) is 0 Å². The monoisotopic (exact) mass is 273 g/mol. The van der Waals surface area contributed by atoms with Gasteiger partial charge in [-0.25, -0.2) is 4.98 Å². The Hall–Kier alpha value is -2.17. The van der Waals surface area contributed by atoms with Gasteiger partial charge in [0.2, 0.25) is 5.76 Å². The van der Waals surface area contributed by atoms with E-state index in [1.807, 2.05) is 25.1 Å². The minimum absolute atomic E-state index is 0.0755. The molecule has 2 aromatic rings. The van der Waals surface area contributed by atoms with Gasteiger partial charge in [0.15, 0.2) is 5.89 Å². The number of amides is 1. The Kier molecular flexibility index (Phi) is 4.17. The fourth-order valence-corrected chi connectivity index (χ4v) is 2.29. The maximum atomic E-state index is 12.5. The average molecular weight is 273 g/mol. The van der Waals surface area contributed by atoms with Gasteiger partial charge in [0.1, 0.15) is 0 Å². The van der Waals surface area contributed by atoms with Gasteiger partial charge in [-0.15, -0.1) is 0 Å². The molecule has 20 heavy (non-hydrogen) atoms. The van der Waals surface area contributed by atoms with Gasteiger partial charge in [0.25, 0.3) is 5.91 Å². The van der Waals surface area contributed by atoms with E-state index in [4.69, 9.17) is 4.42 Å². The van der Waals surface area contributed by atoms with Gasteiger partial charge in [-0.2, -0.15) is 0 Å². The molecule has 0 aliphatic rings. The number of nitrogens with zero attached hydrogens (tertiary/aromatic N) is 3. The molecule has 1 amide bonds. The van der Waals surface area contributed by atoms with Gasteiger partial charge in [-0.05, 0) is 25.5 Å². The number of carbonyl (C=O) groups excluding carboxylic acids is 1. The van der Waals surface area contributed by atoms with Crippen molar-refractivity contribution in [3.8, 4) is 0 Å². The van der Waals surface area contributed by atoms with Crippen LogP contribution < -0.4 is 0 Å². The standard InChI is InChI=1S/C15H19N3O2/c1-5-13(12-8-6-7-9-16-12)18(4)15(19)14-10(2)17-11(3)20-14/h6-9,13H,5H2,1-4H3. The molecule has 5 heteroatoms. The van der Waals surface area contributed by atoms with E-state index in [-0.39, 0.29) is 11.9 Å². The molecule has 0 spiro atoms. The van der Waals surface area contributed by atoms with Crippen molar-refractivity contribution in [1.29, 1.82) is 0 Å². The summed E-state index contributed by atoms with van der Waals surface area (Å²) < 4.78 is 5.41. The van der Waals surface area contributed by atoms with Gasteiger partial charge in [-0.3, -0.25) is 9.78 Å². The van der Waals surface area contributed by atoms with E-state index in [9.17, 15) is 4.79 Å². The zero-order chi connectivity index (χ0) is 14.7. The van der Waals surface area contributed by atoms with Crippen LogP contribution in [-0.4, -0.2) is 27.8 Å². The first-order valence-electron chi connectivity index (χ1n) is 6.66. The number of pyridine rings is 1. The Morgan fingerprint density at radius 1 is 1.40 bits per heavy atom. The summed E-state index contributed by atoms with van der Waals surface area (Å²) in [6.45, 7) is 5.54. The van der Waals surface area contributed by atoms with Crippen molar-refractivity contribution in [2.45, 2.75) is 33.2 Å². The molecular formula is C15H19N3O2. The van der Waals surface area contributed by atoms with Crippen LogP contribution in [0.2, 0.25) is 0 Å². The number of hydrogen-bond donors (Lipinski definition) is 0. The first-order chi connectivity index (χ1) is 9.54. The molecule has 0 saturated carbocycles. The third-order valence-corrected chi connectivity index (χ3v) is 3.30. The second-order valence-corrected chi connectivity index (χ2v) is 4.74. The van der Waals surface area contributed by atoms with Crippen LogP contribution in [0.25, 0.3) is 0 Å². The molecule has 0 saturated heterocycles. The highest BCUT2D eigenvalue weighted by Crippen LogP contribution is 2.23. The summed E-state index contributed by atoms with van der Waals surface area (Å²) in [5.74, 6) is 0.644. The normalized spacial score (nSPS) is 12.2. The highest BCUT2D eigenvalue weighted by Gasteiger charge is 2.26. The number of aryl methyl sites for hydroxylation is 2. The van der Waals surface area contributed by atoms with Crippen molar-refractivity contribution in [3.63, 3.8) is 0 Å². The summed E-state index contributed by atoms with van der Waals surface area (Å²) in [5, 5.41) is 0. The topological polar surface area (TPSA) is 59.2 Å². The molecule has 0 aliphatic carbocycles. The molecule has 2 aromatic heterocycles. The van der Waals surface area contributed by atoms with Crippen molar-refractivity contribution >= 4 is 5.91 Å². The molecular weight excluding hydrogens is 254 g/mol. The molecule has 2 heterocycles. The zero-order valence-electron chi connectivity index (χ0n) is 12.3. The van der Waals surface area contributed by atoms with Crippen molar-refractivity contribution in [3.05, 3.63) is 47.4 Å². The summed E-state index contributed by atoms with van der Waals surface area (Å²) in [4.78, 5) is 22.7. The predicted molar refractivity (Wildman–Crippen MR) is 75.3 cm³/mol. The molecule has 5 nitrogen and oxygen atoms in total. The number of rotatable bonds is 4. The largest absolute Gasteiger partial charge is 0.436 e. The van der Waals surface area contributed by atoms with Crippen molar-refractivity contribution in [2.75, 3.05) is 7.05 Å². The molecule has 0 aliphatic heterocycles. The van der Waals surface area contributed by atoms with Crippen LogP contribution in [0.4, 0.5) is 0 Å². The lowest BCUT2D eigenvalue weighted by atomic mass is 10.1. The molecule has 0 fully saturated rings. The maximum absolute atomic E-state index is 12.5. The number of oxazole rings is 1. The minimum atomic E-state index is -0.166. The highest BCUT2D eigenvalue weighted by atomic mass is 16.4. The Balaban J connectivity index is 2.27. The molecule has 0 N–H and O–H groups in total. The lowest BCUT2D eigenvalue weighted by Gasteiger charge is -2.26. The van der Waals surface area contributed by atoms with Gasteiger partial charge in [-0.1, -0.05) is 13.0 Å². The second kappa shape index (κ2) is 5.86. The summed E-state index contributed by atoms with van der Waals surface area (Å²) >= 11 is 0.